The Morgan fingerprint density at radius 2 is 1.41 bits per heavy atom. The zero-order valence-corrected chi connectivity index (χ0v) is 19.1. The average Bonchev–Trinajstić information content (AvgIpc) is 3.28. The number of rotatable bonds is 17. The molecule has 0 bridgehead atoms. The van der Waals surface area contributed by atoms with E-state index in [0.29, 0.717) is 12.0 Å². The lowest BCUT2D eigenvalue weighted by molar-refractivity contribution is -0.730. The van der Waals surface area contributed by atoms with E-state index in [9.17, 15) is 0 Å². The summed E-state index contributed by atoms with van der Waals surface area (Å²) in [5.74, 6) is 0.715. The van der Waals surface area contributed by atoms with E-state index in [1.807, 2.05) is 0 Å². The van der Waals surface area contributed by atoms with Crippen molar-refractivity contribution in [3.8, 4) is 0 Å². The number of unbranched alkanes of at least 4 members (excludes halogenated alkanes) is 9. The summed E-state index contributed by atoms with van der Waals surface area (Å²) in [7, 11) is 0. The van der Waals surface area contributed by atoms with Gasteiger partial charge in [0.1, 0.15) is 18.4 Å². The van der Waals surface area contributed by atoms with E-state index in [4.69, 9.17) is 0 Å². The lowest BCUT2D eigenvalue weighted by Gasteiger charge is -2.25. The van der Waals surface area contributed by atoms with Crippen LogP contribution in [0, 0.1) is 5.92 Å². The minimum Gasteiger partial charge on any atom is -0.250 e. The molecule has 0 aliphatic heterocycles. The summed E-state index contributed by atoms with van der Waals surface area (Å²) in [6.45, 7) is 4.62. The summed E-state index contributed by atoms with van der Waals surface area (Å²) in [5.41, 5.74) is 1.49. The van der Waals surface area contributed by atoms with Crippen molar-refractivity contribution in [2.24, 2.45) is 5.92 Å². The van der Waals surface area contributed by atoms with E-state index < -0.39 is 0 Å². The Hall–Kier alpha value is -1.57. The lowest BCUT2D eigenvalue weighted by Crippen LogP contribution is -2.42. The van der Waals surface area contributed by atoms with Crippen molar-refractivity contribution in [2.45, 2.75) is 110 Å². The maximum absolute atomic E-state index is 3.26. The van der Waals surface area contributed by atoms with Crippen LogP contribution in [0.5, 0.6) is 0 Å². The van der Waals surface area contributed by atoms with Gasteiger partial charge in [-0.25, -0.2) is 4.57 Å². The van der Waals surface area contributed by atoms with Crippen LogP contribution in [0.2, 0.25) is 0 Å². The fourth-order valence-electron chi connectivity index (χ4n) is 4.67. The first-order valence-corrected chi connectivity index (χ1v) is 12.4. The molecule has 0 saturated carbocycles. The Bertz CT molecular complexity index is 590. The molecule has 0 radical (unpaired) electrons. The predicted molar refractivity (Wildman–Crippen MR) is 125 cm³/mol. The topological polar surface area (TPSA) is 19.7 Å². The lowest BCUT2D eigenvalue weighted by atomic mass is 9.85. The zero-order valence-electron chi connectivity index (χ0n) is 19.1. The average molecular weight is 398 g/mol. The number of benzene rings is 1. The molecule has 2 atom stereocenters. The number of hydrogen-bond acceptors (Lipinski definition) is 0. The van der Waals surface area contributed by atoms with Gasteiger partial charge in [0.15, 0.2) is 0 Å². The molecule has 2 nitrogen and oxygen atoms in total. The largest absolute Gasteiger partial charge is 0.250 e. The zero-order chi connectivity index (χ0) is 20.6. The van der Waals surface area contributed by atoms with Gasteiger partial charge >= 0.3 is 0 Å². The molecule has 29 heavy (non-hydrogen) atoms. The molecule has 2 unspecified atom stereocenters. The Morgan fingerprint density at radius 3 is 2.00 bits per heavy atom. The molecule has 1 aromatic carbocycles. The van der Waals surface area contributed by atoms with Crippen LogP contribution in [0.15, 0.2) is 49.1 Å². The molecule has 2 rings (SSSR count). The van der Waals surface area contributed by atoms with Crippen molar-refractivity contribution in [3.05, 3.63) is 54.6 Å². The third kappa shape index (κ3) is 9.65. The molecular formula is C27H45N2+. The van der Waals surface area contributed by atoms with E-state index in [0.717, 1.165) is 0 Å². The van der Waals surface area contributed by atoms with Crippen molar-refractivity contribution < 1.29 is 4.57 Å². The third-order valence-electron chi connectivity index (χ3n) is 6.35. The van der Waals surface area contributed by atoms with E-state index >= 15 is 0 Å². The van der Waals surface area contributed by atoms with Gasteiger partial charge in [0.2, 0.25) is 6.33 Å². The SMILES string of the molecule is CCCCCCCCCCCCC(Cc1ccccc1)C(CCC)[n+]1cc[nH]c1. The normalized spacial score (nSPS) is 13.4. The fourth-order valence-corrected chi connectivity index (χ4v) is 4.67. The monoisotopic (exact) mass is 397 g/mol. The van der Waals surface area contributed by atoms with Gasteiger partial charge in [-0.05, 0) is 24.8 Å². The van der Waals surface area contributed by atoms with Gasteiger partial charge in [0, 0.05) is 5.92 Å². The van der Waals surface area contributed by atoms with Gasteiger partial charge in [-0.2, -0.15) is 0 Å². The quantitative estimate of drug-likeness (QED) is 0.207. The maximum atomic E-state index is 3.26. The van der Waals surface area contributed by atoms with Gasteiger partial charge in [-0.15, -0.1) is 0 Å². The van der Waals surface area contributed by atoms with Crippen LogP contribution in [0.4, 0.5) is 0 Å². The third-order valence-corrected chi connectivity index (χ3v) is 6.35. The second-order valence-electron chi connectivity index (χ2n) is 8.84. The Labute approximate surface area is 180 Å². The van der Waals surface area contributed by atoms with Crippen molar-refractivity contribution in [1.82, 2.24) is 4.98 Å². The van der Waals surface area contributed by atoms with Crippen molar-refractivity contribution >= 4 is 0 Å². The first-order valence-electron chi connectivity index (χ1n) is 12.4. The highest BCUT2D eigenvalue weighted by molar-refractivity contribution is 5.15. The summed E-state index contributed by atoms with van der Waals surface area (Å²) >= 11 is 0. The van der Waals surface area contributed by atoms with E-state index in [1.54, 1.807) is 0 Å². The first-order chi connectivity index (χ1) is 14.3. The molecule has 162 valence electrons. The Kier molecular flexibility index (Phi) is 12.5. The van der Waals surface area contributed by atoms with E-state index in [2.05, 4.69) is 72.5 Å². The van der Waals surface area contributed by atoms with Gasteiger partial charge in [-0.1, -0.05) is 115 Å². The van der Waals surface area contributed by atoms with E-state index in [-0.39, 0.29) is 0 Å². The minimum atomic E-state index is 0.602. The second-order valence-corrected chi connectivity index (χ2v) is 8.84. The van der Waals surface area contributed by atoms with Crippen molar-refractivity contribution in [1.29, 1.82) is 0 Å². The second kappa shape index (κ2) is 15.3. The summed E-state index contributed by atoms with van der Waals surface area (Å²) in [6, 6.07) is 11.7. The molecule has 2 aromatic rings. The summed E-state index contributed by atoms with van der Waals surface area (Å²) in [4.78, 5) is 3.26. The van der Waals surface area contributed by atoms with Crippen molar-refractivity contribution in [2.75, 3.05) is 0 Å². The van der Waals surface area contributed by atoms with Crippen LogP contribution in [0.3, 0.4) is 0 Å². The molecular weight excluding hydrogens is 352 g/mol. The van der Waals surface area contributed by atoms with Gasteiger partial charge in [-0.3, -0.25) is 4.98 Å². The van der Waals surface area contributed by atoms with Gasteiger partial charge < -0.3 is 0 Å². The molecule has 0 fully saturated rings. The first kappa shape index (κ1) is 23.7. The fraction of sp³-hybridized carbons (Fsp3) is 0.667. The highest BCUT2D eigenvalue weighted by atomic mass is 15.1. The molecule has 1 heterocycles. The molecule has 0 aliphatic rings. The number of H-pyrrole nitrogens is 1. The molecule has 0 aliphatic carbocycles. The minimum absolute atomic E-state index is 0.602. The van der Waals surface area contributed by atoms with E-state index in [1.165, 1.54) is 95.5 Å². The van der Waals surface area contributed by atoms with Crippen LogP contribution < -0.4 is 4.57 Å². The van der Waals surface area contributed by atoms with Crippen LogP contribution in [-0.2, 0) is 6.42 Å². The molecule has 1 N–H and O–H groups in total. The van der Waals surface area contributed by atoms with Crippen LogP contribution in [0.25, 0.3) is 0 Å². The summed E-state index contributed by atoms with van der Waals surface area (Å²) < 4.78 is 2.42. The molecule has 2 heteroatoms. The maximum Gasteiger partial charge on any atom is 0.241 e. The Morgan fingerprint density at radius 1 is 0.759 bits per heavy atom. The van der Waals surface area contributed by atoms with Crippen molar-refractivity contribution in [3.63, 3.8) is 0 Å². The Balaban J connectivity index is 1.79. The van der Waals surface area contributed by atoms with Crippen LogP contribution in [-0.4, -0.2) is 4.98 Å². The molecule has 0 saturated heterocycles. The number of hydrogen-bond donors (Lipinski definition) is 1. The molecule has 1 aromatic heterocycles. The number of nitrogens with one attached hydrogen (secondary N) is 1. The number of nitrogens with zero attached hydrogens (tertiary/aromatic N) is 1. The van der Waals surface area contributed by atoms with Gasteiger partial charge in [0.25, 0.3) is 0 Å². The molecule has 0 amide bonds. The number of imidazole rings is 1. The summed E-state index contributed by atoms with van der Waals surface area (Å²) in [5, 5.41) is 0. The van der Waals surface area contributed by atoms with Crippen LogP contribution >= 0.6 is 0 Å². The predicted octanol–water partition coefficient (Wildman–Crippen LogP) is 7.81. The van der Waals surface area contributed by atoms with Gasteiger partial charge in [0.05, 0.1) is 0 Å². The highest BCUT2D eigenvalue weighted by Crippen LogP contribution is 2.28. The number of aromatic nitrogens is 2. The smallest absolute Gasteiger partial charge is 0.241 e. The van der Waals surface area contributed by atoms with Crippen LogP contribution in [0.1, 0.15) is 109 Å². The standard InChI is InChI=1S/C27H44N2/c1-3-5-6-7-8-9-10-11-12-16-20-26(23-25-18-14-13-15-19-25)27(17-4-2)29-22-21-28-24-29/h13-15,18-19,21-22,24,26-27H,3-12,16-17,20,23H2,1-2H3/p+1. The summed E-state index contributed by atoms with van der Waals surface area (Å²) in [6.07, 6.45) is 25.6. The highest BCUT2D eigenvalue weighted by Gasteiger charge is 2.26. The number of aromatic amines is 1. The molecule has 0 spiro atoms.